The highest BCUT2D eigenvalue weighted by molar-refractivity contribution is 7.21. The van der Waals surface area contributed by atoms with Gasteiger partial charge in [-0.15, -0.1) is 11.3 Å². The standard InChI is InChI=1S/C17H13F2NO2S/c1-9-6-7-10(8-12(9)19)20-17(21)16-15(22-2)14-11(18)4-3-5-13(14)23-16/h3-8H,1-2H3,(H,20,21). The Hall–Kier alpha value is -2.47. The second-order valence-electron chi connectivity index (χ2n) is 5.00. The lowest BCUT2D eigenvalue weighted by molar-refractivity contribution is 0.102. The smallest absolute Gasteiger partial charge is 0.269 e. The molecule has 1 amide bonds. The van der Waals surface area contributed by atoms with Crippen LogP contribution >= 0.6 is 11.3 Å². The maximum absolute atomic E-state index is 14.0. The maximum atomic E-state index is 14.0. The first-order chi connectivity index (χ1) is 11.0. The zero-order valence-corrected chi connectivity index (χ0v) is 13.3. The van der Waals surface area contributed by atoms with Gasteiger partial charge in [-0.2, -0.15) is 0 Å². The van der Waals surface area contributed by atoms with Gasteiger partial charge in [0.25, 0.3) is 5.91 Å². The molecule has 0 bridgehead atoms. The molecule has 0 fully saturated rings. The third kappa shape index (κ3) is 2.77. The quantitative estimate of drug-likeness (QED) is 0.751. The molecule has 0 radical (unpaired) electrons. The Morgan fingerprint density at radius 1 is 1.17 bits per heavy atom. The minimum absolute atomic E-state index is 0.188. The topological polar surface area (TPSA) is 38.3 Å². The number of thiophene rings is 1. The minimum Gasteiger partial charge on any atom is -0.494 e. The van der Waals surface area contributed by atoms with Crippen molar-refractivity contribution in [3.63, 3.8) is 0 Å². The third-order valence-corrected chi connectivity index (χ3v) is 4.60. The highest BCUT2D eigenvalue weighted by atomic mass is 32.1. The van der Waals surface area contributed by atoms with Gasteiger partial charge in [-0.1, -0.05) is 12.1 Å². The summed E-state index contributed by atoms with van der Waals surface area (Å²) in [7, 11) is 1.39. The highest BCUT2D eigenvalue weighted by Crippen LogP contribution is 2.39. The number of fused-ring (bicyclic) bond motifs is 1. The Morgan fingerprint density at radius 3 is 2.65 bits per heavy atom. The van der Waals surface area contributed by atoms with Crippen molar-refractivity contribution in [1.29, 1.82) is 0 Å². The molecule has 3 aromatic rings. The Bertz CT molecular complexity index is 905. The molecular formula is C17H13F2NO2S. The average molecular weight is 333 g/mol. The first-order valence-electron chi connectivity index (χ1n) is 6.83. The Kier molecular flexibility index (Phi) is 4.00. The third-order valence-electron chi connectivity index (χ3n) is 3.46. The summed E-state index contributed by atoms with van der Waals surface area (Å²) in [4.78, 5) is 12.7. The molecule has 3 rings (SSSR count). The maximum Gasteiger partial charge on any atom is 0.269 e. The van der Waals surface area contributed by atoms with Crippen molar-refractivity contribution < 1.29 is 18.3 Å². The minimum atomic E-state index is -0.467. The number of anilines is 1. The number of amides is 1. The summed E-state index contributed by atoms with van der Waals surface area (Å²) in [6.07, 6.45) is 0. The van der Waals surface area contributed by atoms with Crippen molar-refractivity contribution >= 4 is 33.0 Å². The highest BCUT2D eigenvalue weighted by Gasteiger charge is 2.21. The summed E-state index contributed by atoms with van der Waals surface area (Å²) < 4.78 is 33.4. The van der Waals surface area contributed by atoms with Crippen molar-refractivity contribution in [2.75, 3.05) is 12.4 Å². The van der Waals surface area contributed by atoms with Gasteiger partial charge in [0.2, 0.25) is 0 Å². The van der Waals surface area contributed by atoms with Crippen molar-refractivity contribution in [3.8, 4) is 5.75 Å². The molecule has 0 unspecified atom stereocenters. The van der Waals surface area contributed by atoms with E-state index in [0.717, 1.165) is 11.3 Å². The number of halogens is 2. The van der Waals surface area contributed by atoms with E-state index in [0.29, 0.717) is 16.0 Å². The molecule has 0 spiro atoms. The second-order valence-corrected chi connectivity index (χ2v) is 6.05. The van der Waals surface area contributed by atoms with Crippen LogP contribution < -0.4 is 10.1 Å². The Labute approximate surface area is 135 Å². The van der Waals surface area contributed by atoms with Crippen LogP contribution in [0.15, 0.2) is 36.4 Å². The number of benzene rings is 2. The number of hydrogen-bond donors (Lipinski definition) is 1. The number of hydrogen-bond acceptors (Lipinski definition) is 3. The molecule has 1 heterocycles. The van der Waals surface area contributed by atoms with Crippen LogP contribution in [-0.4, -0.2) is 13.0 Å². The first-order valence-corrected chi connectivity index (χ1v) is 7.65. The summed E-state index contributed by atoms with van der Waals surface area (Å²) >= 11 is 1.13. The van der Waals surface area contributed by atoms with Gasteiger partial charge in [0.1, 0.15) is 16.5 Å². The van der Waals surface area contributed by atoms with Crippen LogP contribution in [0.5, 0.6) is 5.75 Å². The van der Waals surface area contributed by atoms with Gasteiger partial charge in [0.05, 0.1) is 12.5 Å². The molecule has 3 nitrogen and oxygen atoms in total. The van der Waals surface area contributed by atoms with Crippen LogP contribution in [-0.2, 0) is 0 Å². The van der Waals surface area contributed by atoms with Gasteiger partial charge >= 0.3 is 0 Å². The fraction of sp³-hybridized carbons (Fsp3) is 0.118. The molecule has 0 aliphatic rings. The van der Waals surface area contributed by atoms with Gasteiger partial charge in [-0.25, -0.2) is 8.78 Å². The summed E-state index contributed by atoms with van der Waals surface area (Å²) in [5.74, 6) is -1.13. The van der Waals surface area contributed by atoms with Crippen LogP contribution in [0.1, 0.15) is 15.2 Å². The van der Waals surface area contributed by atoms with E-state index in [9.17, 15) is 13.6 Å². The van der Waals surface area contributed by atoms with E-state index in [4.69, 9.17) is 4.74 Å². The van der Waals surface area contributed by atoms with E-state index in [2.05, 4.69) is 5.32 Å². The molecule has 118 valence electrons. The van der Waals surface area contributed by atoms with Crippen molar-refractivity contribution in [2.45, 2.75) is 6.92 Å². The predicted molar refractivity (Wildman–Crippen MR) is 87.4 cm³/mol. The first kappa shape index (κ1) is 15.4. The predicted octanol–water partition coefficient (Wildman–Crippen LogP) is 4.75. The number of aryl methyl sites for hydroxylation is 1. The largest absolute Gasteiger partial charge is 0.494 e. The Morgan fingerprint density at radius 2 is 1.96 bits per heavy atom. The van der Waals surface area contributed by atoms with Crippen LogP contribution in [0, 0.1) is 18.6 Å². The van der Waals surface area contributed by atoms with Crippen molar-refractivity contribution in [3.05, 3.63) is 58.5 Å². The van der Waals surface area contributed by atoms with Crippen LogP contribution in [0.4, 0.5) is 14.5 Å². The normalized spacial score (nSPS) is 10.8. The molecule has 6 heteroatoms. The molecular weight excluding hydrogens is 320 g/mol. The molecule has 0 atom stereocenters. The van der Waals surface area contributed by atoms with Crippen LogP contribution in [0.3, 0.4) is 0 Å². The van der Waals surface area contributed by atoms with Crippen LogP contribution in [0.2, 0.25) is 0 Å². The van der Waals surface area contributed by atoms with Crippen LogP contribution in [0.25, 0.3) is 10.1 Å². The lowest BCUT2D eigenvalue weighted by Crippen LogP contribution is -2.11. The lowest BCUT2D eigenvalue weighted by atomic mass is 10.2. The van der Waals surface area contributed by atoms with Crippen molar-refractivity contribution in [2.24, 2.45) is 0 Å². The number of rotatable bonds is 3. The van der Waals surface area contributed by atoms with E-state index in [1.165, 1.54) is 19.2 Å². The number of carbonyl (C=O) groups is 1. The molecule has 0 aliphatic carbocycles. The van der Waals surface area contributed by atoms with E-state index in [1.807, 2.05) is 0 Å². The fourth-order valence-corrected chi connectivity index (χ4v) is 3.36. The van der Waals surface area contributed by atoms with Gasteiger partial charge in [-0.05, 0) is 36.8 Å². The summed E-state index contributed by atoms with van der Waals surface area (Å²) in [5.41, 5.74) is 0.822. The SMILES string of the molecule is COc1c(C(=O)Nc2ccc(C)c(F)c2)sc2cccc(F)c12. The molecule has 0 saturated heterocycles. The number of ether oxygens (including phenoxy) is 1. The number of carbonyl (C=O) groups excluding carboxylic acids is 1. The average Bonchev–Trinajstić information content (AvgIpc) is 2.91. The fourth-order valence-electron chi connectivity index (χ4n) is 2.28. The molecule has 1 aromatic heterocycles. The van der Waals surface area contributed by atoms with Gasteiger partial charge in [0, 0.05) is 10.4 Å². The summed E-state index contributed by atoms with van der Waals surface area (Å²) in [5, 5.41) is 2.89. The lowest BCUT2D eigenvalue weighted by Gasteiger charge is -2.07. The van der Waals surface area contributed by atoms with Gasteiger partial charge in [-0.3, -0.25) is 4.79 Å². The Balaban J connectivity index is 2.00. The van der Waals surface area contributed by atoms with E-state index < -0.39 is 17.5 Å². The second kappa shape index (κ2) is 5.96. The summed E-state index contributed by atoms with van der Waals surface area (Å²) in [6, 6.07) is 9.03. The molecule has 1 N–H and O–H groups in total. The van der Waals surface area contributed by atoms with E-state index >= 15 is 0 Å². The summed E-state index contributed by atoms with van der Waals surface area (Å²) in [6.45, 7) is 1.64. The molecule has 0 saturated carbocycles. The zero-order chi connectivity index (χ0) is 16.6. The number of methoxy groups -OCH3 is 1. The van der Waals surface area contributed by atoms with Gasteiger partial charge < -0.3 is 10.1 Å². The monoisotopic (exact) mass is 333 g/mol. The van der Waals surface area contributed by atoms with Gasteiger partial charge in [0.15, 0.2) is 5.75 Å². The van der Waals surface area contributed by atoms with E-state index in [1.54, 1.807) is 31.2 Å². The molecule has 2 aromatic carbocycles. The van der Waals surface area contributed by atoms with E-state index in [-0.39, 0.29) is 16.0 Å². The zero-order valence-electron chi connectivity index (χ0n) is 12.4. The number of nitrogens with one attached hydrogen (secondary N) is 1. The molecule has 23 heavy (non-hydrogen) atoms. The molecule has 0 aliphatic heterocycles. The van der Waals surface area contributed by atoms with Crippen molar-refractivity contribution in [1.82, 2.24) is 0 Å².